The largest absolute Gasteiger partial charge is 0.481 e. The number of hydrogen-bond donors (Lipinski definition) is 2. The quantitative estimate of drug-likeness (QED) is 0.766. The van der Waals surface area contributed by atoms with Gasteiger partial charge in [-0.1, -0.05) is 6.07 Å². The Morgan fingerprint density at radius 2 is 2.35 bits per heavy atom. The van der Waals surface area contributed by atoms with Crippen molar-refractivity contribution in [1.82, 2.24) is 5.32 Å². The van der Waals surface area contributed by atoms with E-state index in [0.29, 0.717) is 18.9 Å². The second-order valence-electron chi connectivity index (χ2n) is 5.05. The van der Waals surface area contributed by atoms with E-state index in [0.717, 1.165) is 12.8 Å². The molecule has 0 fully saturated rings. The van der Waals surface area contributed by atoms with E-state index >= 15 is 0 Å². The molecule has 0 radical (unpaired) electrons. The van der Waals surface area contributed by atoms with Crippen molar-refractivity contribution in [1.29, 1.82) is 0 Å². The molecule has 0 spiro atoms. The van der Waals surface area contributed by atoms with Crippen LogP contribution in [0.2, 0.25) is 0 Å². The second kappa shape index (κ2) is 6.72. The number of amides is 1. The van der Waals surface area contributed by atoms with Crippen LogP contribution in [0.25, 0.3) is 0 Å². The lowest BCUT2D eigenvalue weighted by Gasteiger charge is -2.15. The zero-order valence-electron chi connectivity index (χ0n) is 12.0. The Hall–Kier alpha value is -1.59. The highest BCUT2D eigenvalue weighted by Gasteiger charge is 2.20. The van der Waals surface area contributed by atoms with Gasteiger partial charge in [0.05, 0.1) is 6.61 Å². The van der Waals surface area contributed by atoms with E-state index in [1.54, 1.807) is 14.0 Å². The number of hydrogen-bond acceptors (Lipinski definition) is 4. The number of carbonyl (C=O) groups excluding carboxylic acids is 1. The molecule has 3 N–H and O–H groups in total. The maximum absolute atomic E-state index is 11.8. The predicted molar refractivity (Wildman–Crippen MR) is 76.7 cm³/mol. The molecule has 5 heteroatoms. The van der Waals surface area contributed by atoms with Gasteiger partial charge in [0, 0.05) is 19.7 Å². The minimum Gasteiger partial charge on any atom is -0.481 e. The third-order valence-corrected chi connectivity index (χ3v) is 3.53. The molecule has 2 atom stereocenters. The smallest absolute Gasteiger partial charge is 0.260 e. The van der Waals surface area contributed by atoms with Gasteiger partial charge in [-0.15, -0.1) is 0 Å². The number of nitrogens with one attached hydrogen (secondary N) is 1. The van der Waals surface area contributed by atoms with E-state index < -0.39 is 6.10 Å². The van der Waals surface area contributed by atoms with Gasteiger partial charge in [0.2, 0.25) is 0 Å². The molecule has 0 saturated carbocycles. The van der Waals surface area contributed by atoms with Gasteiger partial charge in [0.25, 0.3) is 5.91 Å². The minimum absolute atomic E-state index is 0.133. The number of fused-ring (bicyclic) bond motifs is 1. The molecule has 1 amide bonds. The van der Waals surface area contributed by atoms with Gasteiger partial charge in [0.1, 0.15) is 5.75 Å². The van der Waals surface area contributed by atoms with Crippen LogP contribution in [-0.4, -0.2) is 32.3 Å². The molecule has 1 aliphatic rings. The number of methoxy groups -OCH3 is 1. The number of nitrogens with two attached hydrogens (primary N) is 1. The molecule has 0 heterocycles. The van der Waals surface area contributed by atoms with Gasteiger partial charge in [0.15, 0.2) is 6.10 Å². The summed E-state index contributed by atoms with van der Waals surface area (Å²) in [5.41, 5.74) is 8.41. The lowest BCUT2D eigenvalue weighted by atomic mass is 10.1. The van der Waals surface area contributed by atoms with Crippen LogP contribution >= 0.6 is 0 Å². The molecule has 1 aliphatic carbocycles. The highest BCUT2D eigenvalue weighted by atomic mass is 16.5. The average molecular weight is 278 g/mol. The Labute approximate surface area is 119 Å². The standard InChI is InChI=1S/C15H22N2O3/c1-10(15(18)17-7-8-19-2)20-12-4-5-13-11(9-12)3-6-14(13)16/h4-5,9-10,14H,3,6-8,16H2,1-2H3,(H,17,18). The van der Waals surface area contributed by atoms with Crippen molar-refractivity contribution in [3.05, 3.63) is 29.3 Å². The van der Waals surface area contributed by atoms with Crippen LogP contribution in [0.5, 0.6) is 5.75 Å². The summed E-state index contributed by atoms with van der Waals surface area (Å²) in [7, 11) is 1.60. The third kappa shape index (κ3) is 3.49. The van der Waals surface area contributed by atoms with Gasteiger partial charge >= 0.3 is 0 Å². The summed E-state index contributed by atoms with van der Waals surface area (Å²) in [6.45, 7) is 2.72. The zero-order valence-corrected chi connectivity index (χ0v) is 12.0. The third-order valence-electron chi connectivity index (χ3n) is 3.53. The lowest BCUT2D eigenvalue weighted by Crippen LogP contribution is -2.37. The highest BCUT2D eigenvalue weighted by Crippen LogP contribution is 2.32. The topological polar surface area (TPSA) is 73.6 Å². The van der Waals surface area contributed by atoms with Crippen molar-refractivity contribution in [3.63, 3.8) is 0 Å². The molecule has 5 nitrogen and oxygen atoms in total. The predicted octanol–water partition coefficient (Wildman–Crippen LogP) is 1.16. The van der Waals surface area contributed by atoms with Crippen molar-refractivity contribution in [2.45, 2.75) is 31.9 Å². The van der Waals surface area contributed by atoms with Crippen molar-refractivity contribution in [2.24, 2.45) is 5.73 Å². The highest BCUT2D eigenvalue weighted by molar-refractivity contribution is 5.80. The Bertz CT molecular complexity index is 476. The maximum atomic E-state index is 11.8. The van der Waals surface area contributed by atoms with E-state index in [9.17, 15) is 4.79 Å². The fraction of sp³-hybridized carbons (Fsp3) is 0.533. The van der Waals surface area contributed by atoms with Gasteiger partial charge in [-0.3, -0.25) is 4.79 Å². The van der Waals surface area contributed by atoms with E-state index in [2.05, 4.69) is 5.32 Å². The van der Waals surface area contributed by atoms with Crippen LogP contribution in [0.3, 0.4) is 0 Å². The van der Waals surface area contributed by atoms with Crippen LogP contribution in [0.1, 0.15) is 30.5 Å². The number of benzene rings is 1. The first-order chi connectivity index (χ1) is 9.61. The minimum atomic E-state index is -0.528. The number of carbonyl (C=O) groups is 1. The molecule has 0 bridgehead atoms. The van der Waals surface area contributed by atoms with Crippen LogP contribution in [-0.2, 0) is 16.0 Å². The fourth-order valence-electron chi connectivity index (χ4n) is 2.38. The van der Waals surface area contributed by atoms with E-state index in [4.69, 9.17) is 15.2 Å². The molecule has 0 aliphatic heterocycles. The summed E-state index contributed by atoms with van der Waals surface area (Å²) in [6, 6.07) is 6.00. The second-order valence-corrected chi connectivity index (χ2v) is 5.05. The van der Waals surface area contributed by atoms with E-state index in [1.807, 2.05) is 18.2 Å². The summed E-state index contributed by atoms with van der Waals surface area (Å²) < 4.78 is 10.6. The number of rotatable bonds is 6. The van der Waals surface area contributed by atoms with Crippen molar-refractivity contribution in [2.75, 3.05) is 20.3 Å². The molecule has 2 unspecified atom stereocenters. The monoisotopic (exact) mass is 278 g/mol. The Morgan fingerprint density at radius 3 is 3.10 bits per heavy atom. The van der Waals surface area contributed by atoms with Crippen LogP contribution in [0, 0.1) is 0 Å². The van der Waals surface area contributed by atoms with E-state index in [1.165, 1.54) is 11.1 Å². The van der Waals surface area contributed by atoms with Crippen molar-refractivity contribution < 1.29 is 14.3 Å². The summed E-state index contributed by atoms with van der Waals surface area (Å²) in [4.78, 5) is 11.8. The Kier molecular flexibility index (Phi) is 4.98. The molecule has 2 rings (SSSR count). The van der Waals surface area contributed by atoms with Gasteiger partial charge in [-0.05, 0) is 43.0 Å². The summed E-state index contributed by atoms with van der Waals surface area (Å²) in [5, 5.41) is 2.75. The molecule has 20 heavy (non-hydrogen) atoms. The molecule has 1 aromatic carbocycles. The first kappa shape index (κ1) is 14.8. The van der Waals surface area contributed by atoms with Gasteiger partial charge < -0.3 is 20.5 Å². The average Bonchev–Trinajstić information content (AvgIpc) is 2.80. The van der Waals surface area contributed by atoms with Crippen molar-refractivity contribution in [3.8, 4) is 5.75 Å². The summed E-state index contributed by atoms with van der Waals surface area (Å²) >= 11 is 0. The first-order valence-electron chi connectivity index (χ1n) is 6.93. The summed E-state index contributed by atoms with van der Waals surface area (Å²) in [5.74, 6) is 0.575. The fourth-order valence-corrected chi connectivity index (χ4v) is 2.38. The van der Waals surface area contributed by atoms with Crippen molar-refractivity contribution >= 4 is 5.91 Å². The lowest BCUT2D eigenvalue weighted by molar-refractivity contribution is -0.127. The van der Waals surface area contributed by atoms with Crippen LogP contribution in [0.4, 0.5) is 0 Å². The molecule has 110 valence electrons. The molecule has 0 aromatic heterocycles. The number of ether oxygens (including phenoxy) is 2. The number of aryl methyl sites for hydroxylation is 1. The van der Waals surface area contributed by atoms with E-state index in [-0.39, 0.29) is 11.9 Å². The van der Waals surface area contributed by atoms with Gasteiger partial charge in [-0.25, -0.2) is 0 Å². The molecule has 1 aromatic rings. The maximum Gasteiger partial charge on any atom is 0.260 e. The van der Waals surface area contributed by atoms with Crippen LogP contribution < -0.4 is 15.8 Å². The SMILES string of the molecule is COCCNC(=O)C(C)Oc1ccc2c(c1)CCC2N. The molecular formula is C15H22N2O3. The van der Waals surface area contributed by atoms with Crippen LogP contribution in [0.15, 0.2) is 18.2 Å². The molecular weight excluding hydrogens is 256 g/mol. The first-order valence-corrected chi connectivity index (χ1v) is 6.93. The van der Waals surface area contributed by atoms with Gasteiger partial charge in [-0.2, -0.15) is 0 Å². The Morgan fingerprint density at radius 1 is 1.55 bits per heavy atom. The Balaban J connectivity index is 1.91. The summed E-state index contributed by atoms with van der Waals surface area (Å²) in [6.07, 6.45) is 1.42. The normalized spacial score (nSPS) is 18.4. The molecule has 0 saturated heterocycles. The zero-order chi connectivity index (χ0) is 14.5.